The highest BCUT2D eigenvalue weighted by Crippen LogP contribution is 2.39. The Kier molecular flexibility index (Phi) is 6.29. The van der Waals surface area contributed by atoms with Crippen LogP contribution in [0.4, 0.5) is 5.13 Å². The van der Waals surface area contributed by atoms with Crippen molar-refractivity contribution in [3.63, 3.8) is 0 Å². The van der Waals surface area contributed by atoms with E-state index in [1.165, 1.54) is 11.3 Å². The summed E-state index contributed by atoms with van der Waals surface area (Å²) in [6, 6.07) is 27.6. The Hall–Kier alpha value is -3.64. The van der Waals surface area contributed by atoms with E-state index in [-0.39, 0.29) is 0 Å². The van der Waals surface area contributed by atoms with Gasteiger partial charge in [0.1, 0.15) is 11.5 Å². The number of nitrogens with zero attached hydrogens (tertiary/aromatic N) is 1. The summed E-state index contributed by atoms with van der Waals surface area (Å²) >= 11 is 1.52. The molecule has 6 heteroatoms. The second-order valence-corrected chi connectivity index (χ2v) is 8.12. The number of para-hydroxylation sites is 1. The van der Waals surface area contributed by atoms with Gasteiger partial charge in [-0.2, -0.15) is 0 Å². The van der Waals surface area contributed by atoms with Crippen LogP contribution in [0.5, 0.6) is 11.5 Å². The predicted octanol–water partition coefficient (Wildman–Crippen LogP) is 6.40. The Morgan fingerprint density at radius 1 is 0.935 bits per heavy atom. The lowest BCUT2D eigenvalue weighted by atomic mass is 10.1. The number of hydrogen-bond acceptors (Lipinski definition) is 5. The van der Waals surface area contributed by atoms with Crippen LogP contribution in [-0.2, 0) is 4.79 Å². The molecule has 1 heterocycles. The average molecular weight is 431 g/mol. The van der Waals surface area contributed by atoms with Crippen LogP contribution in [0.25, 0.3) is 21.7 Å². The van der Waals surface area contributed by atoms with Gasteiger partial charge in [0.05, 0.1) is 16.5 Å². The maximum atomic E-state index is 11.1. The number of aromatic nitrogens is 1. The highest BCUT2D eigenvalue weighted by molar-refractivity contribution is 7.19. The number of rotatable bonds is 8. The van der Waals surface area contributed by atoms with Crippen molar-refractivity contribution >= 4 is 22.4 Å². The minimum Gasteiger partial charge on any atom is -0.481 e. The van der Waals surface area contributed by atoms with Crippen LogP contribution in [0.2, 0.25) is 0 Å². The van der Waals surface area contributed by atoms with Gasteiger partial charge in [0.25, 0.3) is 0 Å². The zero-order valence-corrected chi connectivity index (χ0v) is 17.8. The molecule has 4 aromatic rings. The number of anilines is 1. The fourth-order valence-electron chi connectivity index (χ4n) is 3.01. The van der Waals surface area contributed by atoms with Crippen molar-refractivity contribution in [2.75, 3.05) is 11.9 Å². The van der Waals surface area contributed by atoms with Crippen LogP contribution in [-0.4, -0.2) is 22.6 Å². The number of carboxylic acid groups (broad SMARTS) is 1. The average Bonchev–Trinajstić information content (AvgIpc) is 3.23. The molecule has 5 nitrogen and oxygen atoms in total. The molecule has 0 saturated heterocycles. The molecule has 0 saturated carbocycles. The third kappa shape index (κ3) is 5.10. The topological polar surface area (TPSA) is 71.5 Å². The monoisotopic (exact) mass is 430 g/mol. The molecule has 0 fully saturated rings. The molecule has 1 aromatic heterocycles. The summed E-state index contributed by atoms with van der Waals surface area (Å²) in [7, 11) is 0. The summed E-state index contributed by atoms with van der Waals surface area (Å²) < 4.78 is 5.89. The number of hydrogen-bond donors (Lipinski definition) is 2. The zero-order chi connectivity index (χ0) is 21.6. The number of benzene rings is 3. The van der Waals surface area contributed by atoms with Gasteiger partial charge in [0.15, 0.2) is 5.13 Å². The minimum absolute atomic E-state index is 0.320. The number of nitrogens with one attached hydrogen (secondary N) is 1. The van der Waals surface area contributed by atoms with Gasteiger partial charge in [-0.1, -0.05) is 66.8 Å². The number of thiazole rings is 1. The quantitative estimate of drug-likeness (QED) is 0.338. The smallest absolute Gasteiger partial charge is 0.308 e. The second-order valence-electron chi connectivity index (χ2n) is 7.12. The maximum absolute atomic E-state index is 11.1. The van der Waals surface area contributed by atoms with Gasteiger partial charge in [0, 0.05) is 12.1 Å². The molecule has 1 atom stereocenters. The lowest BCUT2D eigenvalue weighted by Gasteiger charge is -2.07. The van der Waals surface area contributed by atoms with Gasteiger partial charge in [0.2, 0.25) is 0 Å². The number of aliphatic carboxylic acids is 1. The minimum atomic E-state index is -0.832. The van der Waals surface area contributed by atoms with Gasteiger partial charge in [-0.25, -0.2) is 4.98 Å². The third-order valence-electron chi connectivity index (χ3n) is 4.75. The van der Waals surface area contributed by atoms with E-state index in [0.717, 1.165) is 33.2 Å². The molecule has 0 bridgehead atoms. The van der Waals surface area contributed by atoms with E-state index in [4.69, 9.17) is 14.8 Å². The Morgan fingerprint density at radius 3 is 2.19 bits per heavy atom. The Labute approximate surface area is 185 Å². The first-order chi connectivity index (χ1) is 15.1. The lowest BCUT2D eigenvalue weighted by Crippen LogP contribution is -2.19. The first-order valence-electron chi connectivity index (χ1n) is 9.96. The molecular formula is C25H22N2O3S. The van der Waals surface area contributed by atoms with Crippen molar-refractivity contribution in [2.24, 2.45) is 5.92 Å². The van der Waals surface area contributed by atoms with Crippen LogP contribution in [0.3, 0.4) is 0 Å². The zero-order valence-electron chi connectivity index (χ0n) is 17.0. The molecule has 0 aliphatic rings. The van der Waals surface area contributed by atoms with Crippen molar-refractivity contribution in [1.82, 2.24) is 4.98 Å². The summed E-state index contributed by atoms with van der Waals surface area (Å²) in [5.41, 5.74) is 2.89. The van der Waals surface area contributed by atoms with E-state index in [1.807, 2.05) is 84.9 Å². The molecule has 31 heavy (non-hydrogen) atoms. The fraction of sp³-hybridized carbons (Fsp3) is 0.120. The molecule has 0 radical (unpaired) electrons. The van der Waals surface area contributed by atoms with Crippen molar-refractivity contribution in [3.8, 4) is 33.2 Å². The Morgan fingerprint density at radius 2 is 1.55 bits per heavy atom. The summed E-state index contributed by atoms with van der Waals surface area (Å²) in [6.07, 6.45) is 0. The molecule has 1 unspecified atom stereocenters. The molecule has 0 spiro atoms. The molecule has 3 aromatic carbocycles. The Balaban J connectivity index is 1.62. The summed E-state index contributed by atoms with van der Waals surface area (Å²) in [4.78, 5) is 16.9. The van der Waals surface area contributed by atoms with Crippen molar-refractivity contribution in [3.05, 3.63) is 84.9 Å². The molecular weight excluding hydrogens is 408 g/mol. The second kappa shape index (κ2) is 9.45. The first kappa shape index (κ1) is 20.6. The molecule has 2 N–H and O–H groups in total. The fourth-order valence-corrected chi connectivity index (χ4v) is 4.01. The highest BCUT2D eigenvalue weighted by Gasteiger charge is 2.17. The summed E-state index contributed by atoms with van der Waals surface area (Å²) in [5, 5.41) is 13.0. The van der Waals surface area contributed by atoms with E-state index in [2.05, 4.69) is 5.32 Å². The van der Waals surface area contributed by atoms with E-state index in [9.17, 15) is 4.79 Å². The molecule has 0 aliphatic carbocycles. The largest absolute Gasteiger partial charge is 0.481 e. The third-order valence-corrected chi connectivity index (χ3v) is 5.81. The van der Waals surface area contributed by atoms with E-state index in [0.29, 0.717) is 11.7 Å². The van der Waals surface area contributed by atoms with E-state index >= 15 is 0 Å². The highest BCUT2D eigenvalue weighted by atomic mass is 32.1. The van der Waals surface area contributed by atoms with Gasteiger partial charge >= 0.3 is 5.97 Å². The predicted molar refractivity (Wildman–Crippen MR) is 125 cm³/mol. The van der Waals surface area contributed by atoms with Crippen LogP contribution in [0, 0.1) is 5.92 Å². The van der Waals surface area contributed by atoms with Crippen molar-refractivity contribution < 1.29 is 14.6 Å². The van der Waals surface area contributed by atoms with Crippen molar-refractivity contribution in [1.29, 1.82) is 0 Å². The normalized spacial score (nSPS) is 11.6. The van der Waals surface area contributed by atoms with Crippen LogP contribution in [0.15, 0.2) is 84.9 Å². The molecule has 4 rings (SSSR count). The SMILES string of the molecule is CC(CNc1nc(-c2ccc(Oc3ccccc3)cc2)c(-c2ccccc2)s1)C(=O)O. The maximum Gasteiger partial charge on any atom is 0.308 e. The van der Waals surface area contributed by atoms with Gasteiger partial charge in [-0.15, -0.1) is 0 Å². The van der Waals surface area contributed by atoms with E-state index < -0.39 is 11.9 Å². The Bertz CT molecular complexity index is 1140. The lowest BCUT2D eigenvalue weighted by molar-refractivity contribution is -0.140. The van der Waals surface area contributed by atoms with Crippen LogP contribution < -0.4 is 10.1 Å². The van der Waals surface area contributed by atoms with Gasteiger partial charge in [-0.05, 0) is 42.0 Å². The molecule has 156 valence electrons. The van der Waals surface area contributed by atoms with Gasteiger partial charge < -0.3 is 15.2 Å². The number of ether oxygens (including phenoxy) is 1. The van der Waals surface area contributed by atoms with Crippen LogP contribution >= 0.6 is 11.3 Å². The molecule has 0 aliphatic heterocycles. The number of carboxylic acids is 1. The summed E-state index contributed by atoms with van der Waals surface area (Å²) in [6.45, 7) is 1.99. The van der Waals surface area contributed by atoms with E-state index in [1.54, 1.807) is 6.92 Å². The number of carbonyl (C=O) groups is 1. The summed E-state index contributed by atoms with van der Waals surface area (Å²) in [5.74, 6) is 0.205. The van der Waals surface area contributed by atoms with Crippen LogP contribution in [0.1, 0.15) is 6.92 Å². The molecule has 0 amide bonds. The van der Waals surface area contributed by atoms with Gasteiger partial charge in [-0.3, -0.25) is 4.79 Å². The first-order valence-corrected chi connectivity index (χ1v) is 10.8. The van der Waals surface area contributed by atoms with Crippen molar-refractivity contribution in [2.45, 2.75) is 6.92 Å². The standard InChI is InChI=1S/C25H22N2O3S/c1-17(24(28)29)16-26-25-27-22(23(31-25)19-8-4-2-5-9-19)18-12-14-21(15-13-18)30-20-10-6-3-7-11-20/h2-15,17H,16H2,1H3,(H,26,27)(H,28,29).